The first-order valence-corrected chi connectivity index (χ1v) is 8.94. The maximum Gasteiger partial charge on any atom is 0.233 e. The molecular weight excluding hydrogens is 318 g/mol. The van der Waals surface area contributed by atoms with E-state index in [2.05, 4.69) is 28.1 Å². The SMILES string of the molecule is CC(C)NC(=O)C(C)Sc1nc2ccccc2n1-c1ccccc1. The minimum atomic E-state index is -0.216. The van der Waals surface area contributed by atoms with E-state index in [-0.39, 0.29) is 17.2 Å². The van der Waals surface area contributed by atoms with Gasteiger partial charge in [0.05, 0.1) is 16.3 Å². The van der Waals surface area contributed by atoms with Gasteiger partial charge in [-0.15, -0.1) is 0 Å². The Morgan fingerprint density at radius 3 is 2.42 bits per heavy atom. The minimum absolute atomic E-state index is 0.0293. The Labute approximate surface area is 146 Å². The highest BCUT2D eigenvalue weighted by atomic mass is 32.2. The molecule has 0 aliphatic carbocycles. The normalized spacial score (nSPS) is 12.5. The third-order valence-corrected chi connectivity index (χ3v) is 4.68. The number of carbonyl (C=O) groups is 1. The van der Waals surface area contributed by atoms with Crippen LogP contribution in [0.2, 0.25) is 0 Å². The standard InChI is InChI=1S/C19H21N3OS/c1-13(2)20-18(23)14(3)24-19-21-16-11-7-8-12-17(16)22(19)15-9-5-4-6-10-15/h4-14H,1-3H3,(H,20,23). The van der Waals surface area contributed by atoms with Gasteiger partial charge < -0.3 is 5.32 Å². The molecule has 3 aromatic rings. The number of benzene rings is 2. The number of rotatable bonds is 5. The van der Waals surface area contributed by atoms with Crippen molar-refractivity contribution >= 4 is 28.7 Å². The smallest absolute Gasteiger partial charge is 0.233 e. The maximum atomic E-state index is 12.3. The number of amides is 1. The number of aromatic nitrogens is 2. The molecule has 0 fully saturated rings. The second kappa shape index (κ2) is 7.09. The average molecular weight is 339 g/mol. The summed E-state index contributed by atoms with van der Waals surface area (Å²) in [6.45, 7) is 5.85. The van der Waals surface area contributed by atoms with Crippen LogP contribution in [0.25, 0.3) is 16.7 Å². The van der Waals surface area contributed by atoms with Gasteiger partial charge in [0.15, 0.2) is 5.16 Å². The number of imidazole rings is 1. The third-order valence-electron chi connectivity index (χ3n) is 3.63. The number of carbonyl (C=O) groups excluding carboxylic acids is 1. The number of nitrogens with one attached hydrogen (secondary N) is 1. The van der Waals surface area contributed by atoms with Crippen LogP contribution < -0.4 is 5.32 Å². The monoisotopic (exact) mass is 339 g/mol. The molecule has 0 saturated heterocycles. The van der Waals surface area contributed by atoms with E-state index in [0.29, 0.717) is 0 Å². The second-order valence-electron chi connectivity index (χ2n) is 5.98. The Bertz CT molecular complexity index is 842. The Kier molecular flexibility index (Phi) is 4.90. The highest BCUT2D eigenvalue weighted by Crippen LogP contribution is 2.30. The number of hydrogen-bond acceptors (Lipinski definition) is 3. The van der Waals surface area contributed by atoms with Crippen molar-refractivity contribution in [3.8, 4) is 5.69 Å². The molecule has 0 spiro atoms. The van der Waals surface area contributed by atoms with Crippen LogP contribution in [-0.2, 0) is 4.79 Å². The fraction of sp³-hybridized carbons (Fsp3) is 0.263. The molecule has 2 aromatic carbocycles. The molecule has 0 radical (unpaired) electrons. The fourth-order valence-corrected chi connectivity index (χ4v) is 3.47. The quantitative estimate of drug-likeness (QED) is 0.714. The van der Waals surface area contributed by atoms with Crippen molar-refractivity contribution in [3.63, 3.8) is 0 Å². The summed E-state index contributed by atoms with van der Waals surface area (Å²) in [4.78, 5) is 17.0. The molecule has 0 bridgehead atoms. The minimum Gasteiger partial charge on any atom is -0.353 e. The van der Waals surface area contributed by atoms with Gasteiger partial charge in [-0.2, -0.15) is 0 Å². The van der Waals surface area contributed by atoms with Crippen molar-refractivity contribution in [2.75, 3.05) is 0 Å². The molecule has 0 aliphatic rings. The van der Waals surface area contributed by atoms with Gasteiger partial charge in [-0.1, -0.05) is 42.1 Å². The van der Waals surface area contributed by atoms with Crippen molar-refractivity contribution < 1.29 is 4.79 Å². The zero-order valence-corrected chi connectivity index (χ0v) is 14.9. The molecule has 1 atom stereocenters. The summed E-state index contributed by atoms with van der Waals surface area (Å²) in [5.74, 6) is 0.0293. The van der Waals surface area contributed by atoms with E-state index in [1.165, 1.54) is 11.8 Å². The first-order valence-electron chi connectivity index (χ1n) is 8.06. The fourth-order valence-electron chi connectivity index (χ4n) is 2.52. The Hall–Kier alpha value is -2.27. The van der Waals surface area contributed by atoms with Gasteiger partial charge in [-0.3, -0.25) is 9.36 Å². The summed E-state index contributed by atoms with van der Waals surface area (Å²) < 4.78 is 2.11. The molecular formula is C19H21N3OS. The van der Waals surface area contributed by atoms with Gasteiger partial charge in [0.2, 0.25) is 5.91 Å². The molecule has 124 valence electrons. The average Bonchev–Trinajstić information content (AvgIpc) is 2.92. The molecule has 1 aromatic heterocycles. The number of nitrogens with zero attached hydrogens (tertiary/aromatic N) is 2. The van der Waals surface area contributed by atoms with Gasteiger partial charge in [-0.25, -0.2) is 4.98 Å². The first kappa shape index (κ1) is 16.6. The molecule has 4 nitrogen and oxygen atoms in total. The molecule has 1 unspecified atom stereocenters. The van der Waals surface area contributed by atoms with Crippen molar-refractivity contribution in [1.82, 2.24) is 14.9 Å². The molecule has 1 N–H and O–H groups in total. The zero-order chi connectivity index (χ0) is 17.1. The summed E-state index contributed by atoms with van der Waals surface area (Å²) in [5.41, 5.74) is 3.02. The lowest BCUT2D eigenvalue weighted by Crippen LogP contribution is -2.36. The topological polar surface area (TPSA) is 46.9 Å². The van der Waals surface area contributed by atoms with Crippen LogP contribution in [-0.4, -0.2) is 26.8 Å². The van der Waals surface area contributed by atoms with E-state index in [1.54, 1.807) is 0 Å². The molecule has 1 amide bonds. The van der Waals surface area contributed by atoms with E-state index >= 15 is 0 Å². The van der Waals surface area contributed by atoms with E-state index in [0.717, 1.165) is 21.9 Å². The number of fused-ring (bicyclic) bond motifs is 1. The number of hydrogen-bond donors (Lipinski definition) is 1. The lowest BCUT2D eigenvalue weighted by molar-refractivity contribution is -0.120. The van der Waals surface area contributed by atoms with E-state index in [1.807, 2.05) is 57.2 Å². The predicted molar refractivity (Wildman–Crippen MR) is 99.7 cm³/mol. The predicted octanol–water partition coefficient (Wildman–Crippen LogP) is 4.03. The lowest BCUT2D eigenvalue weighted by atomic mass is 10.3. The molecule has 1 heterocycles. The van der Waals surface area contributed by atoms with Gasteiger partial charge in [0.25, 0.3) is 0 Å². The summed E-state index contributed by atoms with van der Waals surface area (Å²) in [7, 11) is 0. The Morgan fingerprint density at radius 1 is 1.04 bits per heavy atom. The van der Waals surface area contributed by atoms with Gasteiger partial charge in [-0.05, 0) is 45.0 Å². The first-order chi connectivity index (χ1) is 11.6. The largest absolute Gasteiger partial charge is 0.353 e. The van der Waals surface area contributed by atoms with Crippen molar-refractivity contribution in [2.45, 2.75) is 37.2 Å². The molecule has 0 aliphatic heterocycles. The summed E-state index contributed by atoms with van der Waals surface area (Å²) in [6, 6.07) is 18.3. The van der Waals surface area contributed by atoms with Crippen LogP contribution in [0.15, 0.2) is 59.8 Å². The Balaban J connectivity index is 2.00. The molecule has 3 rings (SSSR count). The van der Waals surface area contributed by atoms with E-state index in [9.17, 15) is 4.79 Å². The van der Waals surface area contributed by atoms with Crippen molar-refractivity contribution in [2.24, 2.45) is 0 Å². The molecule has 24 heavy (non-hydrogen) atoms. The van der Waals surface area contributed by atoms with Crippen LogP contribution in [0.1, 0.15) is 20.8 Å². The summed E-state index contributed by atoms with van der Waals surface area (Å²) >= 11 is 1.48. The van der Waals surface area contributed by atoms with Gasteiger partial charge >= 0.3 is 0 Å². The summed E-state index contributed by atoms with van der Waals surface area (Å²) in [6.07, 6.45) is 0. The van der Waals surface area contributed by atoms with Gasteiger partial charge in [0, 0.05) is 11.7 Å². The number of thioether (sulfide) groups is 1. The number of para-hydroxylation sites is 3. The highest BCUT2D eigenvalue weighted by molar-refractivity contribution is 8.00. The lowest BCUT2D eigenvalue weighted by Gasteiger charge is -2.15. The van der Waals surface area contributed by atoms with E-state index in [4.69, 9.17) is 4.98 Å². The van der Waals surface area contributed by atoms with Crippen molar-refractivity contribution in [1.29, 1.82) is 0 Å². The van der Waals surface area contributed by atoms with E-state index < -0.39 is 0 Å². The van der Waals surface area contributed by atoms with Crippen LogP contribution in [0.5, 0.6) is 0 Å². The second-order valence-corrected chi connectivity index (χ2v) is 7.29. The zero-order valence-electron chi connectivity index (χ0n) is 14.1. The van der Waals surface area contributed by atoms with Crippen molar-refractivity contribution in [3.05, 3.63) is 54.6 Å². The molecule has 5 heteroatoms. The van der Waals surface area contributed by atoms with Crippen LogP contribution in [0.3, 0.4) is 0 Å². The van der Waals surface area contributed by atoms with Crippen LogP contribution >= 0.6 is 11.8 Å². The van der Waals surface area contributed by atoms with Crippen LogP contribution in [0, 0.1) is 0 Å². The Morgan fingerprint density at radius 2 is 1.71 bits per heavy atom. The third kappa shape index (κ3) is 3.46. The maximum absolute atomic E-state index is 12.3. The highest BCUT2D eigenvalue weighted by Gasteiger charge is 2.20. The summed E-state index contributed by atoms with van der Waals surface area (Å²) in [5, 5.41) is 3.57. The van der Waals surface area contributed by atoms with Crippen LogP contribution in [0.4, 0.5) is 0 Å². The molecule has 0 saturated carbocycles. The van der Waals surface area contributed by atoms with Gasteiger partial charge in [0.1, 0.15) is 0 Å².